The van der Waals surface area contributed by atoms with Crippen molar-refractivity contribution < 1.29 is 14.3 Å². The van der Waals surface area contributed by atoms with Crippen molar-refractivity contribution in [2.75, 3.05) is 0 Å². The number of hydrogen-bond acceptors (Lipinski definition) is 5. The summed E-state index contributed by atoms with van der Waals surface area (Å²) in [4.78, 5) is 16.4. The normalized spacial score (nSPS) is 22.6. The summed E-state index contributed by atoms with van der Waals surface area (Å²) < 4.78 is 5.26. The molecule has 1 amide bonds. The van der Waals surface area contributed by atoms with E-state index in [-0.39, 0.29) is 18.1 Å². The van der Waals surface area contributed by atoms with Gasteiger partial charge in [0.05, 0.1) is 12.4 Å². The van der Waals surface area contributed by atoms with Gasteiger partial charge in [0.1, 0.15) is 5.69 Å². The fraction of sp³-hybridized carbons (Fsp3) is 0.429. The molecule has 1 aliphatic rings. The summed E-state index contributed by atoms with van der Waals surface area (Å²) in [6.07, 6.45) is 4.51. The number of aliphatic hydroxyl groups excluding tert-OH is 1. The predicted molar refractivity (Wildman–Crippen MR) is 75.5 cm³/mol. The predicted octanol–water partition coefficient (Wildman–Crippen LogP) is 2.44. The number of hydrogen-bond donors (Lipinski definition) is 2. The van der Waals surface area contributed by atoms with Gasteiger partial charge in [0.15, 0.2) is 10.8 Å². The largest absolute Gasteiger partial charge is 0.462 e. The molecule has 0 atom stereocenters. The van der Waals surface area contributed by atoms with Crippen LogP contribution in [-0.4, -0.2) is 28.1 Å². The Labute approximate surface area is 120 Å². The van der Waals surface area contributed by atoms with Gasteiger partial charge in [-0.15, -0.1) is 11.3 Å². The number of thiazole rings is 1. The smallest absolute Gasteiger partial charge is 0.270 e. The summed E-state index contributed by atoms with van der Waals surface area (Å²) in [6, 6.07) is 3.76. The molecule has 2 aromatic heterocycles. The van der Waals surface area contributed by atoms with Crippen LogP contribution in [0.25, 0.3) is 10.8 Å². The zero-order valence-electron chi connectivity index (χ0n) is 10.9. The van der Waals surface area contributed by atoms with Crippen molar-refractivity contribution >= 4 is 17.2 Å². The summed E-state index contributed by atoms with van der Waals surface area (Å²) in [7, 11) is 0. The van der Waals surface area contributed by atoms with Gasteiger partial charge in [-0.1, -0.05) is 0 Å². The van der Waals surface area contributed by atoms with Gasteiger partial charge in [-0.2, -0.15) is 0 Å². The summed E-state index contributed by atoms with van der Waals surface area (Å²) in [5.74, 6) is 0.523. The first-order valence-corrected chi connectivity index (χ1v) is 7.58. The summed E-state index contributed by atoms with van der Waals surface area (Å²) in [5, 5.41) is 14.9. The number of amides is 1. The van der Waals surface area contributed by atoms with Crippen molar-refractivity contribution in [3.8, 4) is 10.8 Å². The van der Waals surface area contributed by atoms with Crippen molar-refractivity contribution in [2.45, 2.75) is 37.8 Å². The maximum Gasteiger partial charge on any atom is 0.270 e. The number of nitrogens with zero attached hydrogens (tertiary/aromatic N) is 1. The Kier molecular flexibility index (Phi) is 3.84. The fourth-order valence-corrected chi connectivity index (χ4v) is 3.14. The zero-order chi connectivity index (χ0) is 13.9. The summed E-state index contributed by atoms with van der Waals surface area (Å²) in [5.41, 5.74) is 0.424. The molecule has 1 fully saturated rings. The number of rotatable bonds is 3. The molecule has 1 saturated carbocycles. The lowest BCUT2D eigenvalue weighted by atomic mass is 9.93. The van der Waals surface area contributed by atoms with E-state index >= 15 is 0 Å². The molecule has 0 saturated heterocycles. The van der Waals surface area contributed by atoms with Crippen LogP contribution >= 0.6 is 11.3 Å². The topological polar surface area (TPSA) is 75.4 Å². The molecule has 2 aromatic rings. The van der Waals surface area contributed by atoms with E-state index in [9.17, 15) is 9.90 Å². The summed E-state index contributed by atoms with van der Waals surface area (Å²) >= 11 is 1.39. The Morgan fingerprint density at radius 3 is 2.90 bits per heavy atom. The Balaban J connectivity index is 1.63. The van der Waals surface area contributed by atoms with Crippen LogP contribution in [0.1, 0.15) is 36.2 Å². The van der Waals surface area contributed by atoms with Crippen LogP contribution < -0.4 is 5.32 Å². The van der Waals surface area contributed by atoms with Crippen LogP contribution in [0.5, 0.6) is 0 Å². The Bertz CT molecular complexity index is 571. The van der Waals surface area contributed by atoms with Crippen molar-refractivity contribution in [2.24, 2.45) is 0 Å². The third-order valence-electron chi connectivity index (χ3n) is 3.50. The van der Waals surface area contributed by atoms with E-state index < -0.39 is 0 Å². The van der Waals surface area contributed by atoms with E-state index in [1.807, 2.05) is 6.07 Å². The minimum atomic E-state index is -0.215. The molecule has 20 heavy (non-hydrogen) atoms. The molecule has 0 aliphatic heterocycles. The highest BCUT2D eigenvalue weighted by Crippen LogP contribution is 2.24. The van der Waals surface area contributed by atoms with E-state index in [1.165, 1.54) is 11.3 Å². The molecular weight excluding hydrogens is 276 g/mol. The minimum Gasteiger partial charge on any atom is -0.462 e. The number of carbonyl (C=O) groups excluding carboxylic acids is 1. The molecular formula is C14H16N2O3S. The first kappa shape index (κ1) is 13.3. The maximum absolute atomic E-state index is 12.1. The van der Waals surface area contributed by atoms with Crippen molar-refractivity contribution in [1.82, 2.24) is 10.3 Å². The fourth-order valence-electron chi connectivity index (χ4n) is 2.37. The third-order valence-corrected chi connectivity index (χ3v) is 4.36. The second-order valence-corrected chi connectivity index (χ2v) is 5.85. The lowest BCUT2D eigenvalue weighted by molar-refractivity contribution is 0.0864. The molecule has 0 aromatic carbocycles. The van der Waals surface area contributed by atoms with Gasteiger partial charge in [0, 0.05) is 11.4 Å². The number of carbonyl (C=O) groups is 1. The molecule has 3 rings (SSSR count). The van der Waals surface area contributed by atoms with Gasteiger partial charge in [-0.05, 0) is 37.8 Å². The van der Waals surface area contributed by atoms with Crippen LogP contribution in [0, 0.1) is 0 Å². The molecule has 0 radical (unpaired) electrons. The van der Waals surface area contributed by atoms with Gasteiger partial charge >= 0.3 is 0 Å². The highest BCUT2D eigenvalue weighted by molar-refractivity contribution is 7.13. The van der Waals surface area contributed by atoms with Crippen LogP contribution in [0.3, 0.4) is 0 Å². The van der Waals surface area contributed by atoms with Gasteiger partial charge in [-0.3, -0.25) is 4.79 Å². The van der Waals surface area contributed by atoms with Crippen molar-refractivity contribution in [3.05, 3.63) is 29.5 Å². The molecule has 5 nitrogen and oxygen atoms in total. The first-order chi connectivity index (χ1) is 9.72. The van der Waals surface area contributed by atoms with Crippen LogP contribution in [0.4, 0.5) is 0 Å². The monoisotopic (exact) mass is 292 g/mol. The Morgan fingerprint density at radius 2 is 2.20 bits per heavy atom. The van der Waals surface area contributed by atoms with Crippen molar-refractivity contribution in [3.63, 3.8) is 0 Å². The zero-order valence-corrected chi connectivity index (χ0v) is 11.7. The van der Waals surface area contributed by atoms with Gasteiger partial charge in [-0.25, -0.2) is 4.98 Å². The lowest BCUT2D eigenvalue weighted by Gasteiger charge is -2.25. The summed E-state index contributed by atoms with van der Waals surface area (Å²) in [6.45, 7) is 0. The molecule has 0 unspecified atom stereocenters. The van der Waals surface area contributed by atoms with Gasteiger partial charge in [0.2, 0.25) is 0 Å². The minimum absolute atomic E-state index is 0.139. The molecule has 0 bridgehead atoms. The maximum atomic E-state index is 12.1. The van der Waals surface area contributed by atoms with Gasteiger partial charge < -0.3 is 14.8 Å². The average molecular weight is 292 g/mol. The molecule has 1 aliphatic carbocycles. The van der Waals surface area contributed by atoms with E-state index in [0.717, 1.165) is 25.7 Å². The van der Waals surface area contributed by atoms with Crippen molar-refractivity contribution in [1.29, 1.82) is 0 Å². The van der Waals surface area contributed by atoms with Gasteiger partial charge in [0.25, 0.3) is 5.91 Å². The van der Waals surface area contributed by atoms with Crippen LogP contribution in [0.2, 0.25) is 0 Å². The van der Waals surface area contributed by atoms with E-state index in [0.29, 0.717) is 16.5 Å². The highest BCUT2D eigenvalue weighted by Gasteiger charge is 2.22. The molecule has 106 valence electrons. The van der Waals surface area contributed by atoms with E-state index in [4.69, 9.17) is 4.42 Å². The number of aliphatic hydroxyl groups is 1. The molecule has 6 heteroatoms. The average Bonchev–Trinajstić information content (AvgIpc) is 3.11. The second kappa shape index (κ2) is 5.76. The van der Waals surface area contributed by atoms with Crippen LogP contribution in [0.15, 0.2) is 28.2 Å². The standard InChI is InChI=1S/C14H16N2O3S/c17-10-5-3-9(4-6-10)15-13(18)11-8-20-14(16-11)12-2-1-7-19-12/h1-2,7-10,17H,3-6H2,(H,15,18). The second-order valence-electron chi connectivity index (χ2n) is 4.99. The van der Waals surface area contributed by atoms with E-state index in [1.54, 1.807) is 17.7 Å². The van der Waals surface area contributed by atoms with Crippen LogP contribution in [-0.2, 0) is 0 Å². The quantitative estimate of drug-likeness (QED) is 0.911. The third kappa shape index (κ3) is 2.91. The highest BCUT2D eigenvalue weighted by atomic mass is 32.1. The molecule has 2 N–H and O–H groups in total. The first-order valence-electron chi connectivity index (χ1n) is 6.70. The number of furan rings is 1. The molecule has 0 spiro atoms. The Morgan fingerprint density at radius 1 is 1.40 bits per heavy atom. The number of aromatic nitrogens is 1. The Hall–Kier alpha value is -1.66. The SMILES string of the molecule is O=C(NC1CCC(O)CC1)c1csc(-c2ccco2)n1. The lowest BCUT2D eigenvalue weighted by Crippen LogP contribution is -2.38. The van der Waals surface area contributed by atoms with E-state index in [2.05, 4.69) is 10.3 Å². The molecule has 2 heterocycles. The number of nitrogens with one attached hydrogen (secondary N) is 1.